The van der Waals surface area contributed by atoms with Crippen LogP contribution in [0.5, 0.6) is 0 Å². The number of hydrogen-bond donors (Lipinski definition) is 1. The number of hydrogen-bond acceptors (Lipinski definition) is 3. The molecule has 1 heterocycles. The lowest BCUT2D eigenvalue weighted by molar-refractivity contribution is 0.468. The Balaban J connectivity index is 3.26. The summed E-state index contributed by atoms with van der Waals surface area (Å²) in [7, 11) is -4.18. The molecule has 0 unspecified atom stereocenters. The molecule has 0 aliphatic heterocycles. The van der Waals surface area contributed by atoms with Crippen LogP contribution < -0.4 is 0 Å². The summed E-state index contributed by atoms with van der Waals surface area (Å²) in [4.78, 5) is 3.81. The van der Waals surface area contributed by atoms with E-state index in [-0.39, 0.29) is 5.92 Å². The first-order valence-corrected chi connectivity index (χ1v) is 4.84. The molecular weight excluding hydrogens is 180 g/mol. The summed E-state index contributed by atoms with van der Waals surface area (Å²) in [6.45, 7) is 3.59. The van der Waals surface area contributed by atoms with Gasteiger partial charge in [0.15, 0.2) is 0 Å². The van der Waals surface area contributed by atoms with E-state index >= 15 is 0 Å². The van der Waals surface area contributed by atoms with Gasteiger partial charge in [-0.2, -0.15) is 8.42 Å². The molecule has 0 fully saturated rings. The summed E-state index contributed by atoms with van der Waals surface area (Å²) in [5.74, 6) is 0.291. The van der Waals surface area contributed by atoms with E-state index in [1.165, 1.54) is 12.4 Å². The minimum atomic E-state index is -4.18. The molecule has 0 aliphatic rings. The highest BCUT2D eigenvalue weighted by atomic mass is 32.2. The Hall–Kier alpha value is -0.880. The zero-order valence-electron chi connectivity index (χ0n) is 6.80. The van der Waals surface area contributed by atoms with Crippen LogP contribution in [0.4, 0.5) is 0 Å². The van der Waals surface area contributed by atoms with Crippen LogP contribution >= 0.6 is 0 Å². The van der Waals surface area contributed by atoms with E-state index in [9.17, 15) is 8.42 Å². The Morgan fingerprint density at radius 3 is 2.50 bits per heavy atom. The van der Waals surface area contributed by atoms with Crippen molar-refractivity contribution in [3.8, 4) is 0 Å². The van der Waals surface area contributed by atoms with Gasteiger partial charge in [0, 0.05) is 18.3 Å². The first kappa shape index (κ1) is 9.21. The molecule has 1 aromatic rings. The summed E-state index contributed by atoms with van der Waals surface area (Å²) in [5, 5.41) is 0. The second kappa shape index (κ2) is 2.87. The maximum atomic E-state index is 10.7. The Labute approximate surface area is 70.9 Å². The molecule has 0 aliphatic carbocycles. The van der Waals surface area contributed by atoms with Crippen LogP contribution in [-0.4, -0.2) is 21.9 Å². The van der Waals surface area contributed by atoms with Crippen LogP contribution in [0, 0.1) is 0 Å². The highest BCUT2D eigenvalue weighted by Gasteiger charge is 2.15. The van der Waals surface area contributed by atoms with Gasteiger partial charge in [-0.1, -0.05) is 13.8 Å². The fraction of sp³-hybridized carbons (Fsp3) is 0.500. The molecule has 0 bridgehead atoms. The highest BCUT2D eigenvalue weighted by molar-refractivity contribution is 7.84. The third-order valence-electron chi connectivity index (χ3n) is 1.40. The van der Waals surface area contributed by atoms with E-state index in [1.54, 1.807) is 13.8 Å². The van der Waals surface area contributed by atoms with Crippen LogP contribution in [0.3, 0.4) is 0 Å². The van der Waals surface area contributed by atoms with Crippen molar-refractivity contribution in [3.05, 3.63) is 18.2 Å². The smallest absolute Gasteiger partial charge is 0.269 e. The van der Waals surface area contributed by atoms with E-state index in [0.29, 0.717) is 5.82 Å². The van der Waals surface area contributed by atoms with Gasteiger partial charge in [0.2, 0.25) is 0 Å². The summed E-state index contributed by atoms with van der Waals surface area (Å²) in [6, 6.07) is 0. The van der Waals surface area contributed by atoms with Crippen molar-refractivity contribution in [1.29, 1.82) is 0 Å². The Bertz CT molecular complexity index is 366. The predicted molar refractivity (Wildman–Crippen MR) is 43.3 cm³/mol. The monoisotopic (exact) mass is 190 g/mol. The predicted octanol–water partition coefficient (Wildman–Crippen LogP) is 0.657. The second-order valence-electron chi connectivity index (χ2n) is 2.71. The van der Waals surface area contributed by atoms with Gasteiger partial charge in [-0.15, -0.1) is 0 Å². The van der Waals surface area contributed by atoms with E-state index in [1.807, 2.05) is 0 Å². The van der Waals surface area contributed by atoms with Crippen molar-refractivity contribution in [2.75, 3.05) is 0 Å². The molecule has 1 N–H and O–H groups in total. The molecule has 12 heavy (non-hydrogen) atoms. The SMILES string of the molecule is CC(C)c1nccn1S(=O)(=O)O. The molecule has 0 atom stereocenters. The van der Waals surface area contributed by atoms with E-state index in [0.717, 1.165) is 3.97 Å². The van der Waals surface area contributed by atoms with Gasteiger partial charge < -0.3 is 0 Å². The molecule has 0 saturated carbocycles. The number of nitrogens with zero attached hydrogens (tertiary/aromatic N) is 2. The van der Waals surface area contributed by atoms with Crippen LogP contribution in [0.15, 0.2) is 12.4 Å². The van der Waals surface area contributed by atoms with Crippen LogP contribution in [0.2, 0.25) is 0 Å². The normalized spacial score (nSPS) is 12.3. The molecule has 0 radical (unpaired) electrons. The molecule has 1 aromatic heterocycles. The minimum absolute atomic E-state index is 0.0399. The van der Waals surface area contributed by atoms with Crippen molar-refractivity contribution in [3.63, 3.8) is 0 Å². The lowest BCUT2D eigenvalue weighted by Crippen LogP contribution is -2.14. The zero-order valence-corrected chi connectivity index (χ0v) is 7.61. The van der Waals surface area contributed by atoms with Crippen molar-refractivity contribution >= 4 is 10.3 Å². The van der Waals surface area contributed by atoms with E-state index in [4.69, 9.17) is 4.55 Å². The highest BCUT2D eigenvalue weighted by Crippen LogP contribution is 2.12. The Morgan fingerprint density at radius 1 is 1.58 bits per heavy atom. The maximum Gasteiger partial charge on any atom is 0.364 e. The summed E-state index contributed by atoms with van der Waals surface area (Å²) in [5.41, 5.74) is 0. The zero-order chi connectivity index (χ0) is 9.35. The van der Waals surface area contributed by atoms with Gasteiger partial charge in [-0.3, -0.25) is 4.55 Å². The molecular formula is C6H10N2O3S. The van der Waals surface area contributed by atoms with E-state index < -0.39 is 10.3 Å². The van der Waals surface area contributed by atoms with Gasteiger partial charge in [0.25, 0.3) is 0 Å². The van der Waals surface area contributed by atoms with E-state index in [2.05, 4.69) is 4.98 Å². The summed E-state index contributed by atoms with van der Waals surface area (Å²) < 4.78 is 30.9. The Morgan fingerprint density at radius 2 is 2.17 bits per heavy atom. The maximum absolute atomic E-state index is 10.7. The molecule has 0 spiro atoms. The molecule has 0 saturated heterocycles. The fourth-order valence-corrected chi connectivity index (χ4v) is 1.60. The van der Waals surface area contributed by atoms with Gasteiger partial charge in [0.05, 0.1) is 0 Å². The third-order valence-corrected chi connectivity index (χ3v) is 2.21. The van der Waals surface area contributed by atoms with Crippen LogP contribution in [0.1, 0.15) is 25.6 Å². The lowest BCUT2D eigenvalue weighted by atomic mass is 10.2. The fourth-order valence-electron chi connectivity index (χ4n) is 0.902. The minimum Gasteiger partial charge on any atom is -0.269 e. The second-order valence-corrected chi connectivity index (χ2v) is 4.00. The van der Waals surface area contributed by atoms with Crippen LogP contribution in [0.25, 0.3) is 0 Å². The average molecular weight is 190 g/mol. The molecule has 0 aromatic carbocycles. The third kappa shape index (κ3) is 1.64. The molecule has 5 nitrogen and oxygen atoms in total. The molecule has 6 heteroatoms. The molecule has 0 amide bonds. The molecule has 68 valence electrons. The summed E-state index contributed by atoms with van der Waals surface area (Å²) in [6.07, 6.45) is 2.55. The van der Waals surface area contributed by atoms with Gasteiger partial charge in [0.1, 0.15) is 5.82 Å². The standard InChI is InChI=1S/C6H10N2O3S/c1-5(2)6-7-3-4-8(6)12(9,10)11/h3-5H,1-2H3,(H,9,10,11). The van der Waals surface area contributed by atoms with Crippen LogP contribution in [-0.2, 0) is 10.3 Å². The molecule has 1 rings (SSSR count). The lowest BCUT2D eigenvalue weighted by Gasteiger charge is -2.05. The average Bonchev–Trinajstić information content (AvgIpc) is 2.30. The van der Waals surface area contributed by atoms with Crippen molar-refractivity contribution in [2.24, 2.45) is 0 Å². The van der Waals surface area contributed by atoms with Gasteiger partial charge in [-0.25, -0.2) is 8.96 Å². The van der Waals surface area contributed by atoms with Crippen molar-refractivity contribution in [1.82, 2.24) is 8.96 Å². The first-order chi connectivity index (χ1) is 5.43. The number of rotatable bonds is 2. The summed E-state index contributed by atoms with van der Waals surface area (Å²) >= 11 is 0. The first-order valence-electron chi connectivity index (χ1n) is 3.44. The number of imidazole rings is 1. The van der Waals surface area contributed by atoms with Crippen molar-refractivity contribution in [2.45, 2.75) is 19.8 Å². The quantitative estimate of drug-likeness (QED) is 0.695. The largest absolute Gasteiger partial charge is 0.364 e. The van der Waals surface area contributed by atoms with Crippen molar-refractivity contribution < 1.29 is 13.0 Å². The topological polar surface area (TPSA) is 72.2 Å². The Kier molecular flexibility index (Phi) is 2.20. The van der Waals surface area contributed by atoms with Gasteiger partial charge >= 0.3 is 10.3 Å². The number of aromatic nitrogens is 2. The van der Waals surface area contributed by atoms with Gasteiger partial charge in [-0.05, 0) is 0 Å².